The van der Waals surface area contributed by atoms with Crippen molar-refractivity contribution in [3.8, 4) is 0 Å². The standard InChI is InChI=1S/C14H18N2O2/c1-3-14(4-2,9-15)16-12(17)10-7-5-6-8-11(10)13(16)18/h5-8H,3-4,9,15H2,1-2H3. The molecule has 0 spiro atoms. The molecule has 1 aromatic carbocycles. The molecule has 96 valence electrons. The molecule has 0 saturated heterocycles. The van der Waals surface area contributed by atoms with Crippen molar-refractivity contribution in [2.24, 2.45) is 5.73 Å². The van der Waals surface area contributed by atoms with Crippen molar-refractivity contribution in [3.63, 3.8) is 0 Å². The lowest BCUT2D eigenvalue weighted by Gasteiger charge is -2.38. The molecule has 0 atom stereocenters. The second-order valence-corrected chi connectivity index (χ2v) is 4.63. The molecule has 0 saturated carbocycles. The summed E-state index contributed by atoms with van der Waals surface area (Å²) in [5, 5.41) is 0. The highest BCUT2D eigenvalue weighted by Crippen LogP contribution is 2.32. The molecule has 0 radical (unpaired) electrons. The lowest BCUT2D eigenvalue weighted by atomic mass is 9.90. The molecule has 1 heterocycles. The first kappa shape index (κ1) is 12.8. The zero-order valence-electron chi connectivity index (χ0n) is 10.8. The Bertz CT molecular complexity index is 449. The molecule has 2 amide bonds. The minimum atomic E-state index is -0.562. The van der Waals surface area contributed by atoms with Gasteiger partial charge >= 0.3 is 0 Å². The highest BCUT2D eigenvalue weighted by Gasteiger charge is 2.46. The van der Waals surface area contributed by atoms with E-state index in [-0.39, 0.29) is 11.8 Å². The maximum atomic E-state index is 12.4. The van der Waals surface area contributed by atoms with Crippen LogP contribution in [-0.2, 0) is 0 Å². The fourth-order valence-electron chi connectivity index (χ4n) is 2.57. The van der Waals surface area contributed by atoms with Crippen LogP contribution in [0.1, 0.15) is 47.4 Å². The molecule has 0 unspecified atom stereocenters. The third-order valence-corrected chi connectivity index (χ3v) is 3.96. The molecule has 0 aliphatic carbocycles. The fraction of sp³-hybridized carbons (Fsp3) is 0.429. The predicted molar refractivity (Wildman–Crippen MR) is 69.3 cm³/mol. The van der Waals surface area contributed by atoms with Crippen molar-refractivity contribution < 1.29 is 9.59 Å². The molecule has 0 aromatic heterocycles. The van der Waals surface area contributed by atoms with Crippen LogP contribution in [0.4, 0.5) is 0 Å². The highest BCUT2D eigenvalue weighted by molar-refractivity contribution is 6.21. The molecule has 0 fully saturated rings. The Kier molecular flexibility index (Phi) is 3.22. The summed E-state index contributed by atoms with van der Waals surface area (Å²) in [5.41, 5.74) is 6.24. The number of amides is 2. The van der Waals surface area contributed by atoms with Crippen molar-refractivity contribution in [2.45, 2.75) is 32.2 Å². The van der Waals surface area contributed by atoms with E-state index in [9.17, 15) is 9.59 Å². The number of rotatable bonds is 4. The van der Waals surface area contributed by atoms with Crippen molar-refractivity contribution in [2.75, 3.05) is 6.54 Å². The number of nitrogens with zero attached hydrogens (tertiary/aromatic N) is 1. The van der Waals surface area contributed by atoms with Crippen molar-refractivity contribution >= 4 is 11.8 Å². The zero-order chi connectivity index (χ0) is 13.3. The Morgan fingerprint density at radius 2 is 1.50 bits per heavy atom. The summed E-state index contributed by atoms with van der Waals surface area (Å²) in [4.78, 5) is 26.1. The molecule has 4 nitrogen and oxygen atoms in total. The minimum Gasteiger partial charge on any atom is -0.328 e. The summed E-state index contributed by atoms with van der Waals surface area (Å²) < 4.78 is 0. The van der Waals surface area contributed by atoms with Gasteiger partial charge in [-0.25, -0.2) is 0 Å². The van der Waals surface area contributed by atoms with Gasteiger partial charge in [-0.15, -0.1) is 0 Å². The van der Waals surface area contributed by atoms with Gasteiger partial charge in [0.1, 0.15) is 0 Å². The average molecular weight is 246 g/mol. The number of carbonyl (C=O) groups is 2. The molecule has 1 aromatic rings. The normalized spacial score (nSPS) is 15.2. The lowest BCUT2D eigenvalue weighted by Crippen LogP contribution is -2.55. The first-order valence-corrected chi connectivity index (χ1v) is 6.29. The molecule has 18 heavy (non-hydrogen) atoms. The van der Waals surface area contributed by atoms with Crippen LogP contribution in [0.15, 0.2) is 24.3 Å². The van der Waals surface area contributed by atoms with E-state index in [0.717, 1.165) is 0 Å². The summed E-state index contributed by atoms with van der Waals surface area (Å²) in [6.45, 7) is 4.21. The van der Waals surface area contributed by atoms with Crippen LogP contribution in [0.3, 0.4) is 0 Å². The first-order valence-electron chi connectivity index (χ1n) is 6.29. The van der Waals surface area contributed by atoms with Crippen LogP contribution >= 0.6 is 0 Å². The number of carbonyl (C=O) groups excluding carboxylic acids is 2. The van der Waals surface area contributed by atoms with Crippen LogP contribution in [0.5, 0.6) is 0 Å². The van der Waals surface area contributed by atoms with Crippen LogP contribution < -0.4 is 5.73 Å². The number of hydrogen-bond donors (Lipinski definition) is 1. The van der Waals surface area contributed by atoms with Crippen molar-refractivity contribution in [1.82, 2.24) is 4.90 Å². The van der Waals surface area contributed by atoms with E-state index < -0.39 is 5.54 Å². The van der Waals surface area contributed by atoms with E-state index >= 15 is 0 Å². The largest absolute Gasteiger partial charge is 0.328 e. The minimum absolute atomic E-state index is 0.218. The Morgan fingerprint density at radius 3 is 1.83 bits per heavy atom. The van der Waals surface area contributed by atoms with Crippen LogP contribution in [0.2, 0.25) is 0 Å². The lowest BCUT2D eigenvalue weighted by molar-refractivity contribution is 0.0414. The second-order valence-electron chi connectivity index (χ2n) is 4.63. The number of nitrogens with two attached hydrogens (primary N) is 1. The fourth-order valence-corrected chi connectivity index (χ4v) is 2.57. The number of fused-ring (bicyclic) bond motifs is 1. The monoisotopic (exact) mass is 246 g/mol. The van der Waals surface area contributed by atoms with E-state index in [2.05, 4.69) is 0 Å². The van der Waals surface area contributed by atoms with Gasteiger partial charge in [0, 0.05) is 6.54 Å². The number of hydrogen-bond acceptors (Lipinski definition) is 3. The SMILES string of the molecule is CCC(CC)(CN)N1C(=O)c2ccccc2C1=O. The van der Waals surface area contributed by atoms with Crippen LogP contribution in [0, 0.1) is 0 Å². The van der Waals surface area contributed by atoms with Gasteiger partial charge < -0.3 is 5.73 Å². The van der Waals surface area contributed by atoms with Gasteiger partial charge in [-0.1, -0.05) is 26.0 Å². The summed E-state index contributed by atoms with van der Waals surface area (Å²) in [6, 6.07) is 6.94. The second kappa shape index (κ2) is 4.53. The van der Waals surface area contributed by atoms with Gasteiger partial charge in [-0.3, -0.25) is 14.5 Å². The Labute approximate surface area is 107 Å². The molecular formula is C14H18N2O2. The molecule has 2 N–H and O–H groups in total. The van der Waals surface area contributed by atoms with Crippen molar-refractivity contribution in [1.29, 1.82) is 0 Å². The van der Waals surface area contributed by atoms with E-state index in [4.69, 9.17) is 5.73 Å². The number of benzene rings is 1. The van der Waals surface area contributed by atoms with E-state index in [0.29, 0.717) is 30.5 Å². The average Bonchev–Trinajstić information content (AvgIpc) is 2.67. The third kappa shape index (κ3) is 1.56. The molecule has 1 aliphatic heterocycles. The maximum Gasteiger partial charge on any atom is 0.262 e. The Hall–Kier alpha value is -1.68. The highest BCUT2D eigenvalue weighted by atomic mass is 16.2. The molecule has 0 bridgehead atoms. The Morgan fingerprint density at radius 1 is 1.06 bits per heavy atom. The van der Waals surface area contributed by atoms with E-state index in [1.165, 1.54) is 4.90 Å². The van der Waals surface area contributed by atoms with Gasteiger partial charge in [-0.2, -0.15) is 0 Å². The smallest absolute Gasteiger partial charge is 0.262 e. The van der Waals surface area contributed by atoms with Gasteiger partial charge in [0.15, 0.2) is 0 Å². The molecule has 2 rings (SSSR count). The topological polar surface area (TPSA) is 63.4 Å². The first-order chi connectivity index (χ1) is 8.61. The summed E-state index contributed by atoms with van der Waals surface area (Å²) in [6.07, 6.45) is 1.34. The number of imide groups is 1. The van der Waals surface area contributed by atoms with Crippen molar-refractivity contribution in [3.05, 3.63) is 35.4 Å². The van der Waals surface area contributed by atoms with Gasteiger partial charge in [0.05, 0.1) is 16.7 Å². The quantitative estimate of drug-likeness (QED) is 0.824. The summed E-state index contributed by atoms with van der Waals surface area (Å²) >= 11 is 0. The van der Waals surface area contributed by atoms with Gasteiger partial charge in [-0.05, 0) is 25.0 Å². The maximum absolute atomic E-state index is 12.4. The predicted octanol–water partition coefficient (Wildman–Crippen LogP) is 1.80. The van der Waals surface area contributed by atoms with Crippen LogP contribution in [-0.4, -0.2) is 28.8 Å². The zero-order valence-corrected chi connectivity index (χ0v) is 10.8. The summed E-state index contributed by atoms with van der Waals surface area (Å²) in [5.74, 6) is -0.436. The van der Waals surface area contributed by atoms with Crippen LogP contribution in [0.25, 0.3) is 0 Å². The molecular weight excluding hydrogens is 228 g/mol. The Balaban J connectivity index is 2.51. The van der Waals surface area contributed by atoms with E-state index in [1.54, 1.807) is 24.3 Å². The molecule has 4 heteroatoms. The summed E-state index contributed by atoms with van der Waals surface area (Å²) in [7, 11) is 0. The third-order valence-electron chi connectivity index (χ3n) is 3.96. The molecule has 1 aliphatic rings. The van der Waals surface area contributed by atoms with Gasteiger partial charge in [0.2, 0.25) is 0 Å². The van der Waals surface area contributed by atoms with Gasteiger partial charge in [0.25, 0.3) is 11.8 Å². The van der Waals surface area contributed by atoms with E-state index in [1.807, 2.05) is 13.8 Å².